The second kappa shape index (κ2) is 5.49. The molecule has 0 radical (unpaired) electrons. The lowest BCUT2D eigenvalue weighted by atomic mass is 10.3. The number of benzene rings is 1. The molecule has 19 heavy (non-hydrogen) atoms. The lowest BCUT2D eigenvalue weighted by Crippen LogP contribution is -2.11. The van der Waals surface area contributed by atoms with Crippen molar-refractivity contribution in [2.75, 3.05) is 12.5 Å². The van der Waals surface area contributed by atoms with Crippen LogP contribution in [0.15, 0.2) is 30.3 Å². The maximum Gasteiger partial charge on any atom is 0.258 e. The minimum atomic E-state index is -0.942. The topological polar surface area (TPSA) is 69.4 Å². The Labute approximate surface area is 107 Å². The summed E-state index contributed by atoms with van der Waals surface area (Å²) in [5.74, 6) is 3.15. The number of hydrogen-bond acceptors (Lipinski definition) is 5. The Bertz CT molecular complexity index is 593. The average Bonchev–Trinajstić information content (AvgIpc) is 2.42. The number of rotatable bonds is 4. The van der Waals surface area contributed by atoms with E-state index in [-0.39, 0.29) is 11.6 Å². The molecule has 5 nitrogen and oxygen atoms in total. The van der Waals surface area contributed by atoms with Gasteiger partial charge in [0.1, 0.15) is 0 Å². The molecule has 0 fully saturated rings. The second-order valence-electron chi connectivity index (χ2n) is 3.50. The zero-order valence-corrected chi connectivity index (χ0v) is 9.98. The van der Waals surface area contributed by atoms with E-state index in [0.717, 1.165) is 0 Å². The van der Waals surface area contributed by atoms with Crippen molar-refractivity contribution in [1.82, 2.24) is 4.98 Å². The molecule has 0 unspecified atom stereocenters. The predicted octanol–water partition coefficient (Wildman–Crippen LogP) is 2.45. The van der Waals surface area contributed by atoms with E-state index >= 15 is 0 Å². The summed E-state index contributed by atoms with van der Waals surface area (Å²) < 4.78 is 37.0. The zero-order chi connectivity index (χ0) is 13.8. The highest BCUT2D eigenvalue weighted by Gasteiger charge is 2.14. The number of halogens is 2. The third kappa shape index (κ3) is 2.71. The van der Waals surface area contributed by atoms with Gasteiger partial charge in [0, 0.05) is 6.07 Å². The SMILES string of the molecule is COc1ccccc1Oc1nc(NN)c(F)cc1F. The number of nitrogens with one attached hydrogen (secondary N) is 1. The maximum absolute atomic E-state index is 13.6. The number of anilines is 1. The number of para-hydroxylation sites is 2. The van der Waals surface area contributed by atoms with Crippen molar-refractivity contribution in [2.45, 2.75) is 0 Å². The van der Waals surface area contributed by atoms with Crippen molar-refractivity contribution in [3.63, 3.8) is 0 Å². The first kappa shape index (κ1) is 13.0. The molecule has 3 N–H and O–H groups in total. The van der Waals surface area contributed by atoms with Crippen LogP contribution < -0.4 is 20.7 Å². The molecule has 7 heteroatoms. The summed E-state index contributed by atoms with van der Waals surface area (Å²) in [6.07, 6.45) is 0. The lowest BCUT2D eigenvalue weighted by Gasteiger charge is -2.11. The smallest absolute Gasteiger partial charge is 0.258 e. The van der Waals surface area contributed by atoms with Gasteiger partial charge in [-0.25, -0.2) is 14.6 Å². The Hall–Kier alpha value is -2.41. The van der Waals surface area contributed by atoms with E-state index in [1.54, 1.807) is 24.3 Å². The third-order valence-electron chi connectivity index (χ3n) is 2.31. The third-order valence-corrected chi connectivity index (χ3v) is 2.31. The van der Waals surface area contributed by atoms with Crippen LogP contribution in [0.5, 0.6) is 17.4 Å². The average molecular weight is 267 g/mol. The van der Waals surface area contributed by atoms with Gasteiger partial charge in [0.05, 0.1) is 7.11 Å². The Morgan fingerprint density at radius 3 is 2.47 bits per heavy atom. The van der Waals surface area contributed by atoms with Gasteiger partial charge in [0.2, 0.25) is 0 Å². The molecule has 0 atom stereocenters. The zero-order valence-electron chi connectivity index (χ0n) is 9.98. The summed E-state index contributed by atoms with van der Waals surface area (Å²) in [7, 11) is 1.45. The number of nitrogens with two attached hydrogens (primary N) is 1. The van der Waals surface area contributed by atoms with Crippen LogP contribution in [-0.2, 0) is 0 Å². The monoisotopic (exact) mass is 267 g/mol. The summed E-state index contributed by atoms with van der Waals surface area (Å²) in [5.41, 5.74) is 2.01. The number of pyridine rings is 1. The molecule has 1 aromatic carbocycles. The van der Waals surface area contributed by atoms with Crippen LogP contribution in [0.4, 0.5) is 14.6 Å². The van der Waals surface area contributed by atoms with Gasteiger partial charge in [-0.3, -0.25) is 0 Å². The highest BCUT2D eigenvalue weighted by Crippen LogP contribution is 2.32. The molecule has 2 aromatic rings. The summed E-state index contributed by atoms with van der Waals surface area (Å²) in [4.78, 5) is 3.60. The van der Waals surface area contributed by atoms with Crippen LogP contribution in [0.3, 0.4) is 0 Å². The minimum Gasteiger partial charge on any atom is -0.493 e. The molecule has 0 saturated heterocycles. The summed E-state index contributed by atoms with van der Waals surface area (Å²) in [6.45, 7) is 0. The summed E-state index contributed by atoms with van der Waals surface area (Å²) in [6, 6.07) is 7.25. The normalized spacial score (nSPS) is 10.1. The highest BCUT2D eigenvalue weighted by atomic mass is 19.1. The molecule has 1 heterocycles. The van der Waals surface area contributed by atoms with Crippen molar-refractivity contribution >= 4 is 5.82 Å². The number of hydrazine groups is 1. The molecule has 0 saturated carbocycles. The van der Waals surface area contributed by atoms with Crippen LogP contribution in [0.1, 0.15) is 0 Å². The van der Waals surface area contributed by atoms with Gasteiger partial charge >= 0.3 is 0 Å². The molecule has 0 spiro atoms. The van der Waals surface area contributed by atoms with Crippen LogP contribution in [0, 0.1) is 11.6 Å². The summed E-state index contributed by atoms with van der Waals surface area (Å²) >= 11 is 0. The van der Waals surface area contributed by atoms with Gasteiger partial charge in [0.25, 0.3) is 5.88 Å². The number of ether oxygens (including phenoxy) is 2. The van der Waals surface area contributed by atoms with Crippen molar-refractivity contribution in [3.05, 3.63) is 42.0 Å². The number of nitrogens with zero attached hydrogens (tertiary/aromatic N) is 1. The molecule has 0 aliphatic rings. The van der Waals surface area contributed by atoms with Crippen molar-refractivity contribution < 1.29 is 18.3 Å². The fourth-order valence-corrected chi connectivity index (χ4v) is 1.43. The first-order chi connectivity index (χ1) is 9.15. The van der Waals surface area contributed by atoms with Gasteiger partial charge in [-0.05, 0) is 12.1 Å². The van der Waals surface area contributed by atoms with E-state index in [1.165, 1.54) is 7.11 Å². The van der Waals surface area contributed by atoms with Gasteiger partial charge in [-0.15, -0.1) is 0 Å². The highest BCUT2D eigenvalue weighted by molar-refractivity contribution is 5.44. The van der Waals surface area contributed by atoms with Crippen molar-refractivity contribution in [3.8, 4) is 17.4 Å². The lowest BCUT2D eigenvalue weighted by molar-refractivity contribution is 0.363. The van der Waals surface area contributed by atoms with E-state index in [1.807, 2.05) is 5.43 Å². The van der Waals surface area contributed by atoms with E-state index in [0.29, 0.717) is 11.8 Å². The Balaban J connectivity index is 2.38. The number of nitrogen functional groups attached to an aromatic ring is 1. The maximum atomic E-state index is 13.6. The van der Waals surface area contributed by atoms with E-state index in [9.17, 15) is 8.78 Å². The van der Waals surface area contributed by atoms with E-state index < -0.39 is 17.5 Å². The molecule has 100 valence electrons. The Morgan fingerprint density at radius 2 is 1.84 bits per heavy atom. The Morgan fingerprint density at radius 1 is 1.16 bits per heavy atom. The molecular formula is C12H11F2N3O2. The Kier molecular flexibility index (Phi) is 3.76. The summed E-state index contributed by atoms with van der Waals surface area (Å²) in [5, 5.41) is 0. The molecular weight excluding hydrogens is 256 g/mol. The van der Waals surface area contributed by atoms with Crippen LogP contribution in [-0.4, -0.2) is 12.1 Å². The van der Waals surface area contributed by atoms with Crippen LogP contribution in [0.25, 0.3) is 0 Å². The first-order valence-corrected chi connectivity index (χ1v) is 5.29. The molecule has 0 bridgehead atoms. The van der Waals surface area contributed by atoms with Gasteiger partial charge in [0.15, 0.2) is 29.0 Å². The second-order valence-corrected chi connectivity index (χ2v) is 3.50. The molecule has 0 aliphatic carbocycles. The number of methoxy groups -OCH3 is 1. The molecule has 2 rings (SSSR count). The molecule has 0 aliphatic heterocycles. The van der Waals surface area contributed by atoms with Crippen LogP contribution in [0.2, 0.25) is 0 Å². The minimum absolute atomic E-state index is 0.256. The fourth-order valence-electron chi connectivity index (χ4n) is 1.43. The largest absolute Gasteiger partial charge is 0.493 e. The fraction of sp³-hybridized carbons (Fsp3) is 0.0833. The first-order valence-electron chi connectivity index (χ1n) is 5.29. The quantitative estimate of drug-likeness (QED) is 0.657. The van der Waals surface area contributed by atoms with Gasteiger partial charge in [-0.1, -0.05) is 12.1 Å². The van der Waals surface area contributed by atoms with Crippen LogP contribution >= 0.6 is 0 Å². The molecule has 0 amide bonds. The van der Waals surface area contributed by atoms with Gasteiger partial charge < -0.3 is 14.9 Å². The standard InChI is InChI=1S/C12H11F2N3O2/c1-18-9-4-2-3-5-10(9)19-12-8(14)6-7(13)11(16-12)17-15/h2-6H,15H2,1H3,(H,16,17). The van der Waals surface area contributed by atoms with Gasteiger partial charge in [-0.2, -0.15) is 4.98 Å². The van der Waals surface area contributed by atoms with Crippen molar-refractivity contribution in [2.24, 2.45) is 5.84 Å². The van der Waals surface area contributed by atoms with E-state index in [2.05, 4.69) is 4.98 Å². The number of aromatic nitrogens is 1. The van der Waals surface area contributed by atoms with E-state index in [4.69, 9.17) is 15.3 Å². The predicted molar refractivity (Wildman–Crippen MR) is 65.0 cm³/mol. The number of hydrogen-bond donors (Lipinski definition) is 2. The molecule has 1 aromatic heterocycles. The van der Waals surface area contributed by atoms with Crippen molar-refractivity contribution in [1.29, 1.82) is 0 Å².